The molecule has 2 aromatic rings. The van der Waals surface area contributed by atoms with Crippen LogP contribution in [0.4, 0.5) is 10.1 Å². The fourth-order valence-electron chi connectivity index (χ4n) is 3.43. The van der Waals surface area contributed by atoms with E-state index >= 15 is 0 Å². The number of halogens is 3. The summed E-state index contributed by atoms with van der Waals surface area (Å²) in [5.74, 6) is -1.07. The molecule has 0 bridgehead atoms. The molecule has 1 N–H and O–H groups in total. The van der Waals surface area contributed by atoms with Gasteiger partial charge >= 0.3 is 0 Å². The van der Waals surface area contributed by atoms with Crippen LogP contribution in [0.1, 0.15) is 34.8 Å². The van der Waals surface area contributed by atoms with Gasteiger partial charge in [0, 0.05) is 28.2 Å². The molecule has 2 aromatic carbocycles. The van der Waals surface area contributed by atoms with Crippen LogP contribution < -0.4 is 5.32 Å². The minimum absolute atomic E-state index is 0.0687. The van der Waals surface area contributed by atoms with Crippen LogP contribution in [-0.2, 0) is 0 Å². The van der Waals surface area contributed by atoms with Crippen molar-refractivity contribution >= 4 is 34.8 Å². The zero-order valence-corrected chi connectivity index (χ0v) is 16.3. The number of nitro benzene ring substituents is 1. The van der Waals surface area contributed by atoms with Gasteiger partial charge in [-0.05, 0) is 50.2 Å². The van der Waals surface area contributed by atoms with Gasteiger partial charge in [0.15, 0.2) is 0 Å². The van der Waals surface area contributed by atoms with Crippen LogP contribution in [0.25, 0.3) is 0 Å². The first-order valence-electron chi connectivity index (χ1n) is 8.78. The largest absolute Gasteiger partial charge is 0.350 e. The minimum atomic E-state index is -0.660. The Morgan fingerprint density at radius 1 is 1.25 bits per heavy atom. The van der Waals surface area contributed by atoms with Gasteiger partial charge < -0.3 is 5.32 Å². The molecule has 1 amide bonds. The van der Waals surface area contributed by atoms with Gasteiger partial charge in [-0.15, -0.1) is 0 Å². The lowest BCUT2D eigenvalue weighted by Crippen LogP contribution is -2.37. The maximum atomic E-state index is 14.5. The number of carbonyl (C=O) groups is 1. The Morgan fingerprint density at radius 3 is 2.61 bits per heavy atom. The maximum Gasteiger partial charge on any atom is 0.283 e. The molecule has 0 saturated carbocycles. The topological polar surface area (TPSA) is 75.5 Å². The fraction of sp³-hybridized carbons (Fsp3) is 0.316. The van der Waals surface area contributed by atoms with E-state index in [4.69, 9.17) is 23.2 Å². The molecule has 1 saturated heterocycles. The number of carbonyl (C=O) groups excluding carboxylic acids is 1. The van der Waals surface area contributed by atoms with Gasteiger partial charge in [0.25, 0.3) is 11.6 Å². The Morgan fingerprint density at radius 2 is 1.96 bits per heavy atom. The lowest BCUT2D eigenvalue weighted by molar-refractivity contribution is -0.385. The highest BCUT2D eigenvalue weighted by Crippen LogP contribution is 2.32. The third-order valence-corrected chi connectivity index (χ3v) is 5.34. The first-order chi connectivity index (χ1) is 13.4. The molecular formula is C19H18Cl2FN3O3. The van der Waals surface area contributed by atoms with Crippen molar-refractivity contribution in [3.63, 3.8) is 0 Å². The highest BCUT2D eigenvalue weighted by molar-refractivity contribution is 6.31. The van der Waals surface area contributed by atoms with Crippen LogP contribution in [-0.4, -0.2) is 35.4 Å². The summed E-state index contributed by atoms with van der Waals surface area (Å²) in [6.45, 7) is 1.58. The summed E-state index contributed by atoms with van der Waals surface area (Å²) in [4.78, 5) is 25.2. The molecule has 28 heavy (non-hydrogen) atoms. The third kappa shape index (κ3) is 4.43. The van der Waals surface area contributed by atoms with E-state index in [2.05, 4.69) is 10.2 Å². The van der Waals surface area contributed by atoms with Crippen LogP contribution in [0.5, 0.6) is 0 Å². The number of hydrogen-bond donors (Lipinski definition) is 1. The van der Waals surface area contributed by atoms with Crippen molar-refractivity contribution in [2.45, 2.75) is 18.9 Å². The van der Waals surface area contributed by atoms with Gasteiger partial charge in [0.2, 0.25) is 0 Å². The lowest BCUT2D eigenvalue weighted by atomic mass is 10.0. The molecule has 1 heterocycles. The molecule has 148 valence electrons. The third-order valence-electron chi connectivity index (χ3n) is 4.77. The summed E-state index contributed by atoms with van der Waals surface area (Å²) in [6, 6.07) is 7.84. The Bertz CT molecular complexity index is 884. The molecule has 3 rings (SSSR count). The van der Waals surface area contributed by atoms with Gasteiger partial charge in [-0.25, -0.2) is 4.39 Å². The first kappa shape index (κ1) is 20.5. The molecule has 0 spiro atoms. The number of amides is 1. The second kappa shape index (κ2) is 8.86. The van der Waals surface area contributed by atoms with E-state index in [-0.39, 0.29) is 27.8 Å². The monoisotopic (exact) mass is 425 g/mol. The smallest absolute Gasteiger partial charge is 0.283 e. The van der Waals surface area contributed by atoms with E-state index < -0.39 is 22.7 Å². The summed E-state index contributed by atoms with van der Waals surface area (Å²) in [5, 5.41) is 14.4. The van der Waals surface area contributed by atoms with Crippen LogP contribution in [0.2, 0.25) is 10.0 Å². The van der Waals surface area contributed by atoms with Crippen molar-refractivity contribution in [1.29, 1.82) is 0 Å². The fourth-order valence-corrected chi connectivity index (χ4v) is 3.88. The zero-order chi connectivity index (χ0) is 20.3. The number of likely N-dealkylation sites (tertiary alicyclic amines) is 1. The summed E-state index contributed by atoms with van der Waals surface area (Å²) in [7, 11) is 0. The second-order valence-corrected chi connectivity index (χ2v) is 7.37. The van der Waals surface area contributed by atoms with E-state index in [1.54, 1.807) is 6.07 Å². The van der Waals surface area contributed by atoms with Crippen LogP contribution in [0.15, 0.2) is 36.4 Å². The molecule has 1 fully saturated rings. The molecule has 0 radical (unpaired) electrons. The van der Waals surface area contributed by atoms with E-state index in [0.29, 0.717) is 5.56 Å². The summed E-state index contributed by atoms with van der Waals surface area (Å²) >= 11 is 12.0. The molecule has 1 unspecified atom stereocenters. The average Bonchev–Trinajstić information content (AvgIpc) is 3.18. The first-order valence-corrected chi connectivity index (χ1v) is 9.54. The van der Waals surface area contributed by atoms with Gasteiger partial charge in [-0.1, -0.05) is 29.3 Å². The van der Waals surface area contributed by atoms with Crippen molar-refractivity contribution < 1.29 is 14.1 Å². The van der Waals surface area contributed by atoms with Crippen molar-refractivity contribution in [3.05, 3.63) is 73.5 Å². The number of nitro groups is 1. The average molecular weight is 426 g/mol. The lowest BCUT2D eigenvalue weighted by Gasteiger charge is -2.29. The molecule has 9 heteroatoms. The Hall–Kier alpha value is -2.22. The standard InChI is InChI=1S/C19H18Cl2FN3O3/c20-12-6-7-13(16(10-12)25(27)28)19(26)23-11-17(24-8-1-2-9-24)18-14(21)4-3-5-15(18)22/h3-7,10,17H,1-2,8-9,11H2,(H,23,26). The van der Waals surface area contributed by atoms with E-state index in [9.17, 15) is 19.3 Å². The van der Waals surface area contributed by atoms with Gasteiger partial charge in [-0.2, -0.15) is 0 Å². The molecule has 6 nitrogen and oxygen atoms in total. The Kier molecular flexibility index (Phi) is 6.49. The summed E-state index contributed by atoms with van der Waals surface area (Å²) in [6.07, 6.45) is 1.94. The van der Waals surface area contributed by atoms with Crippen molar-refractivity contribution in [1.82, 2.24) is 10.2 Å². The van der Waals surface area contributed by atoms with Crippen LogP contribution in [0, 0.1) is 15.9 Å². The predicted octanol–water partition coefficient (Wildman–Crippen LogP) is 4.61. The molecule has 1 atom stereocenters. The van der Waals surface area contributed by atoms with Crippen LogP contribution in [0.3, 0.4) is 0 Å². The molecule has 0 aliphatic carbocycles. The normalized spacial score (nSPS) is 15.4. The Balaban J connectivity index is 1.85. The van der Waals surface area contributed by atoms with Gasteiger partial charge in [0.05, 0.1) is 11.0 Å². The molecule has 0 aromatic heterocycles. The quantitative estimate of drug-likeness (QED) is 0.541. The van der Waals surface area contributed by atoms with Crippen molar-refractivity contribution in [2.24, 2.45) is 0 Å². The summed E-state index contributed by atoms with van der Waals surface area (Å²) < 4.78 is 14.5. The SMILES string of the molecule is O=C(NCC(c1c(F)cccc1Cl)N1CCCC1)c1ccc(Cl)cc1[N+](=O)[O-]. The minimum Gasteiger partial charge on any atom is -0.350 e. The number of nitrogens with one attached hydrogen (secondary N) is 1. The Labute approximate surface area is 171 Å². The van der Waals surface area contributed by atoms with E-state index in [1.807, 2.05) is 0 Å². The summed E-state index contributed by atoms with van der Waals surface area (Å²) in [5.41, 5.74) is -0.169. The number of nitrogens with zero attached hydrogens (tertiary/aromatic N) is 2. The van der Waals surface area contributed by atoms with Crippen LogP contribution >= 0.6 is 23.2 Å². The number of rotatable bonds is 6. The highest BCUT2D eigenvalue weighted by Gasteiger charge is 2.29. The van der Waals surface area contributed by atoms with E-state index in [0.717, 1.165) is 32.0 Å². The zero-order valence-electron chi connectivity index (χ0n) is 14.8. The van der Waals surface area contributed by atoms with Crippen molar-refractivity contribution in [3.8, 4) is 0 Å². The number of benzene rings is 2. The maximum absolute atomic E-state index is 14.5. The van der Waals surface area contributed by atoms with Crippen molar-refractivity contribution in [2.75, 3.05) is 19.6 Å². The van der Waals surface area contributed by atoms with E-state index in [1.165, 1.54) is 24.3 Å². The second-order valence-electron chi connectivity index (χ2n) is 6.52. The predicted molar refractivity (Wildman–Crippen MR) is 105 cm³/mol. The highest BCUT2D eigenvalue weighted by atomic mass is 35.5. The van der Waals surface area contributed by atoms with Gasteiger partial charge in [-0.3, -0.25) is 19.8 Å². The number of hydrogen-bond acceptors (Lipinski definition) is 4. The molecule has 1 aliphatic rings. The molecular weight excluding hydrogens is 408 g/mol. The van der Waals surface area contributed by atoms with Gasteiger partial charge in [0.1, 0.15) is 11.4 Å². The molecule has 1 aliphatic heterocycles.